The molecule has 0 aromatic heterocycles. The van der Waals surface area contributed by atoms with Gasteiger partial charge in [-0.25, -0.2) is 0 Å². The van der Waals surface area contributed by atoms with Crippen molar-refractivity contribution in [3.63, 3.8) is 0 Å². The molecule has 5 nitrogen and oxygen atoms in total. The lowest BCUT2D eigenvalue weighted by molar-refractivity contribution is 0.136. The van der Waals surface area contributed by atoms with Crippen molar-refractivity contribution < 1.29 is 4.74 Å². The number of likely N-dealkylation sites (N-methyl/N-ethyl adjacent to an activating group) is 1. The van der Waals surface area contributed by atoms with Gasteiger partial charge in [0.05, 0.1) is 23.6 Å². The number of hydrogen-bond acceptors (Lipinski definition) is 4. The van der Waals surface area contributed by atoms with Crippen molar-refractivity contribution in [2.24, 2.45) is 9.98 Å². The third-order valence-electron chi connectivity index (χ3n) is 6.27. The topological polar surface area (TPSA) is 49.2 Å². The van der Waals surface area contributed by atoms with Gasteiger partial charge < -0.3 is 15.0 Å². The van der Waals surface area contributed by atoms with Crippen LogP contribution in [0.3, 0.4) is 0 Å². The van der Waals surface area contributed by atoms with Gasteiger partial charge in [0.1, 0.15) is 11.9 Å². The summed E-state index contributed by atoms with van der Waals surface area (Å²) in [6, 6.07) is 27.0. The van der Waals surface area contributed by atoms with Crippen LogP contribution in [-0.2, 0) is 4.74 Å². The van der Waals surface area contributed by atoms with Crippen molar-refractivity contribution in [2.75, 3.05) is 38.6 Å². The number of nitrogens with one attached hydrogen (secondary N) is 1. The number of benzene rings is 3. The Kier molecular flexibility index (Phi) is 8.23. The molecular formula is C29H34N4O. The lowest BCUT2D eigenvalue weighted by Gasteiger charge is -2.17. The molecular weight excluding hydrogens is 420 g/mol. The monoisotopic (exact) mass is 454 g/mol. The van der Waals surface area contributed by atoms with Gasteiger partial charge in [-0.1, -0.05) is 80.6 Å². The minimum atomic E-state index is -0.0917. The van der Waals surface area contributed by atoms with Crippen molar-refractivity contribution in [2.45, 2.75) is 26.4 Å². The number of amidine groups is 1. The van der Waals surface area contributed by atoms with E-state index in [0.29, 0.717) is 6.42 Å². The van der Waals surface area contributed by atoms with Gasteiger partial charge in [-0.3, -0.25) is 9.98 Å². The Labute approximate surface area is 203 Å². The van der Waals surface area contributed by atoms with Crippen LogP contribution in [0.25, 0.3) is 0 Å². The summed E-state index contributed by atoms with van der Waals surface area (Å²) in [5.41, 5.74) is 6.32. The zero-order valence-electron chi connectivity index (χ0n) is 20.4. The van der Waals surface area contributed by atoms with Crippen LogP contribution in [-0.4, -0.2) is 49.7 Å². The van der Waals surface area contributed by atoms with E-state index in [-0.39, 0.29) is 6.10 Å². The first-order valence-corrected chi connectivity index (χ1v) is 12.1. The van der Waals surface area contributed by atoms with E-state index in [2.05, 4.69) is 66.5 Å². The Balaban J connectivity index is 1.59. The molecule has 1 unspecified atom stereocenters. The number of rotatable bonds is 9. The van der Waals surface area contributed by atoms with Gasteiger partial charge >= 0.3 is 0 Å². The summed E-state index contributed by atoms with van der Waals surface area (Å²) in [4.78, 5) is 12.3. The van der Waals surface area contributed by atoms with Gasteiger partial charge in [0.15, 0.2) is 0 Å². The highest BCUT2D eigenvalue weighted by Gasteiger charge is 2.17. The number of ether oxygens (including phenoxy) is 1. The third kappa shape index (κ3) is 5.79. The molecule has 0 spiro atoms. The highest BCUT2D eigenvalue weighted by molar-refractivity contribution is 6.18. The van der Waals surface area contributed by atoms with Crippen molar-refractivity contribution in [1.29, 1.82) is 0 Å². The van der Waals surface area contributed by atoms with Crippen molar-refractivity contribution in [3.8, 4) is 0 Å². The molecule has 1 N–H and O–H groups in total. The van der Waals surface area contributed by atoms with Gasteiger partial charge in [0.2, 0.25) is 0 Å². The largest absolute Gasteiger partial charge is 0.372 e. The highest BCUT2D eigenvalue weighted by atomic mass is 16.5. The summed E-state index contributed by atoms with van der Waals surface area (Å²) in [6.45, 7) is 8.20. The summed E-state index contributed by atoms with van der Waals surface area (Å²) in [6.07, 6.45) is 0.574. The number of hydrogen-bond donors (Lipinski definition) is 1. The lowest BCUT2D eigenvalue weighted by atomic mass is 9.98. The first kappa shape index (κ1) is 23.9. The molecule has 0 aliphatic carbocycles. The van der Waals surface area contributed by atoms with E-state index in [1.54, 1.807) is 7.11 Å². The number of fused-ring (bicyclic) bond motifs is 1. The highest BCUT2D eigenvalue weighted by Crippen LogP contribution is 2.30. The van der Waals surface area contributed by atoms with Crippen LogP contribution in [0.2, 0.25) is 0 Å². The molecule has 0 saturated carbocycles. The smallest absolute Gasteiger partial charge is 0.107 e. The van der Waals surface area contributed by atoms with Crippen molar-refractivity contribution in [3.05, 3.63) is 95.6 Å². The molecule has 0 amide bonds. The van der Waals surface area contributed by atoms with Crippen LogP contribution < -0.4 is 5.32 Å². The molecule has 0 radical (unpaired) electrons. The summed E-state index contributed by atoms with van der Waals surface area (Å²) >= 11 is 0. The fourth-order valence-electron chi connectivity index (χ4n) is 4.29. The lowest BCUT2D eigenvalue weighted by Crippen LogP contribution is -2.26. The molecule has 1 aliphatic rings. The van der Waals surface area contributed by atoms with Crippen LogP contribution in [0.4, 0.5) is 11.4 Å². The molecule has 1 aliphatic heterocycles. The van der Waals surface area contributed by atoms with Crippen LogP contribution in [0.1, 0.15) is 43.1 Å². The van der Waals surface area contributed by atoms with Crippen LogP contribution in [0, 0.1) is 0 Å². The predicted molar refractivity (Wildman–Crippen MR) is 143 cm³/mol. The molecule has 0 bridgehead atoms. The SMILES string of the molecule is CCN(CC)CCN=C1CC(c2ccc(C(OC)c3ccccc3)cc2)=Nc2ccccc2N1. The second-order valence-corrected chi connectivity index (χ2v) is 8.38. The first-order chi connectivity index (χ1) is 16.7. The fourth-order valence-corrected chi connectivity index (χ4v) is 4.29. The Bertz CT molecular complexity index is 1120. The number of methoxy groups -OCH3 is 1. The molecule has 1 heterocycles. The molecule has 0 fully saturated rings. The Morgan fingerprint density at radius 3 is 2.29 bits per heavy atom. The summed E-state index contributed by atoms with van der Waals surface area (Å²) < 4.78 is 5.81. The van der Waals surface area contributed by atoms with Crippen LogP contribution in [0.15, 0.2) is 88.8 Å². The molecule has 3 aromatic carbocycles. The maximum atomic E-state index is 5.81. The van der Waals surface area contributed by atoms with E-state index in [0.717, 1.165) is 65.8 Å². The molecule has 176 valence electrons. The number of aliphatic imine (C=N–C) groups is 2. The van der Waals surface area contributed by atoms with E-state index in [1.807, 2.05) is 36.4 Å². The number of para-hydroxylation sites is 2. The second kappa shape index (κ2) is 11.7. The van der Waals surface area contributed by atoms with Gasteiger partial charge in [-0.05, 0) is 41.9 Å². The maximum Gasteiger partial charge on any atom is 0.107 e. The standard InChI is InChI=1S/C29H34N4O/c1-4-33(5-2)20-19-30-28-21-27(31-25-13-9-10-14-26(25)32-28)22-15-17-24(18-16-22)29(34-3)23-11-7-6-8-12-23/h6-18,29H,4-5,19-21H2,1-3H3,(H,30,32). The summed E-state index contributed by atoms with van der Waals surface area (Å²) in [5.74, 6) is 0.957. The fraction of sp³-hybridized carbons (Fsp3) is 0.310. The average Bonchev–Trinajstić information content (AvgIpc) is 3.07. The third-order valence-corrected chi connectivity index (χ3v) is 6.27. The zero-order valence-corrected chi connectivity index (χ0v) is 20.4. The number of anilines is 1. The van der Waals surface area contributed by atoms with E-state index in [1.165, 1.54) is 0 Å². The quantitative estimate of drug-likeness (QED) is 0.425. The normalized spacial score (nSPS) is 15.4. The summed E-state index contributed by atoms with van der Waals surface area (Å²) in [7, 11) is 1.75. The second-order valence-electron chi connectivity index (χ2n) is 8.38. The van der Waals surface area contributed by atoms with E-state index in [9.17, 15) is 0 Å². The van der Waals surface area contributed by atoms with Gasteiger partial charge in [-0.15, -0.1) is 0 Å². The van der Waals surface area contributed by atoms with Gasteiger partial charge in [0, 0.05) is 20.1 Å². The van der Waals surface area contributed by atoms with E-state index < -0.39 is 0 Å². The molecule has 1 atom stereocenters. The molecule has 0 saturated heterocycles. The van der Waals surface area contributed by atoms with Crippen LogP contribution >= 0.6 is 0 Å². The Hall–Kier alpha value is -3.28. The van der Waals surface area contributed by atoms with Gasteiger partial charge in [-0.2, -0.15) is 0 Å². The Morgan fingerprint density at radius 2 is 1.59 bits per heavy atom. The van der Waals surface area contributed by atoms with Crippen molar-refractivity contribution in [1.82, 2.24) is 4.90 Å². The van der Waals surface area contributed by atoms with Crippen molar-refractivity contribution >= 4 is 22.9 Å². The van der Waals surface area contributed by atoms with E-state index in [4.69, 9.17) is 14.7 Å². The molecule has 34 heavy (non-hydrogen) atoms. The van der Waals surface area contributed by atoms with Crippen LogP contribution in [0.5, 0.6) is 0 Å². The first-order valence-electron chi connectivity index (χ1n) is 12.1. The molecule has 5 heteroatoms. The zero-order chi connectivity index (χ0) is 23.8. The minimum Gasteiger partial charge on any atom is -0.372 e. The molecule has 3 aromatic rings. The minimum absolute atomic E-state index is 0.0917. The Morgan fingerprint density at radius 1 is 0.912 bits per heavy atom. The maximum absolute atomic E-state index is 5.81. The average molecular weight is 455 g/mol. The van der Waals surface area contributed by atoms with Gasteiger partial charge in [0.25, 0.3) is 0 Å². The van der Waals surface area contributed by atoms with E-state index >= 15 is 0 Å². The predicted octanol–water partition coefficient (Wildman–Crippen LogP) is 6.10. The summed E-state index contributed by atoms with van der Waals surface area (Å²) in [5, 5.41) is 3.53. The number of nitrogens with zero attached hydrogens (tertiary/aromatic N) is 3. The molecule has 4 rings (SSSR count).